The number of nitrogens with zero attached hydrogens (tertiary/aromatic N) is 3. The van der Waals surface area contributed by atoms with Crippen LogP contribution in [0, 0.1) is 30.6 Å². The minimum Gasteiger partial charge on any atom is -0.433 e. The highest BCUT2D eigenvalue weighted by molar-refractivity contribution is 6.00. The van der Waals surface area contributed by atoms with Crippen molar-refractivity contribution in [2.24, 2.45) is 17.8 Å². The van der Waals surface area contributed by atoms with Crippen molar-refractivity contribution in [3.8, 4) is 16.9 Å². The molecule has 0 aromatic carbocycles. The number of nitrogens with one attached hydrogen (secondary N) is 3. The van der Waals surface area contributed by atoms with Gasteiger partial charge in [0, 0.05) is 29.6 Å². The minimum atomic E-state index is -3.04. The highest BCUT2D eigenvalue weighted by atomic mass is 19.3. The van der Waals surface area contributed by atoms with Gasteiger partial charge in [0.15, 0.2) is 0 Å². The van der Waals surface area contributed by atoms with E-state index in [1.807, 2.05) is 13.8 Å². The number of rotatable bonds is 11. The van der Waals surface area contributed by atoms with Gasteiger partial charge in [-0.1, -0.05) is 0 Å². The van der Waals surface area contributed by atoms with Crippen LogP contribution < -0.4 is 20.4 Å². The number of aromatic amines is 1. The van der Waals surface area contributed by atoms with E-state index in [2.05, 4.69) is 30.4 Å². The molecule has 0 unspecified atom stereocenters. The third-order valence-corrected chi connectivity index (χ3v) is 7.41. The zero-order chi connectivity index (χ0) is 28.6. The van der Waals surface area contributed by atoms with E-state index in [-0.39, 0.29) is 34.7 Å². The maximum atomic E-state index is 15.2. The van der Waals surface area contributed by atoms with Crippen molar-refractivity contribution in [3.05, 3.63) is 54.0 Å². The normalized spacial score (nSPS) is 15.9. The average Bonchev–Trinajstić information content (AvgIpc) is 3.84. The van der Waals surface area contributed by atoms with Gasteiger partial charge >= 0.3 is 12.5 Å². The van der Waals surface area contributed by atoms with Crippen LogP contribution >= 0.6 is 0 Å². The van der Waals surface area contributed by atoms with Crippen molar-refractivity contribution in [2.45, 2.75) is 65.1 Å². The second-order valence-corrected chi connectivity index (χ2v) is 10.7. The van der Waals surface area contributed by atoms with Gasteiger partial charge in [-0.2, -0.15) is 18.3 Å². The van der Waals surface area contributed by atoms with Crippen LogP contribution in [-0.4, -0.2) is 39.2 Å². The summed E-state index contributed by atoms with van der Waals surface area (Å²) >= 11 is 0. The Morgan fingerprint density at radius 2 is 1.80 bits per heavy atom. The Kier molecular flexibility index (Phi) is 7.77. The number of alkyl halides is 2. The summed E-state index contributed by atoms with van der Waals surface area (Å²) in [6.45, 7) is 2.41. The van der Waals surface area contributed by atoms with Gasteiger partial charge in [0.05, 0.1) is 11.8 Å². The molecule has 0 saturated heterocycles. The molecule has 0 bridgehead atoms. The number of aryl methyl sites for hydroxylation is 1. The fraction of sp³-hybridized carbons (Fsp3) is 0.464. The summed E-state index contributed by atoms with van der Waals surface area (Å²) < 4.78 is 46.5. The SMILES string of the molecule is Cc1ncc(OC(F)F)cc1-c1ccc(NC(=O)[C@@H](NC(=O)c2ccnn2C(C)C)C(C2CC2)C2CC2)[nH+]c1F. The third kappa shape index (κ3) is 6.10. The first kappa shape index (κ1) is 27.6. The number of hydrogen-bond acceptors (Lipinski definition) is 5. The van der Waals surface area contributed by atoms with E-state index in [9.17, 15) is 18.4 Å². The molecular weight excluding hydrogens is 525 g/mol. The maximum absolute atomic E-state index is 15.2. The Labute approximate surface area is 229 Å². The van der Waals surface area contributed by atoms with Crippen molar-refractivity contribution >= 4 is 17.6 Å². The summed E-state index contributed by atoms with van der Waals surface area (Å²) in [5, 5.41) is 9.92. The summed E-state index contributed by atoms with van der Waals surface area (Å²) in [7, 11) is 0. The van der Waals surface area contributed by atoms with Crippen molar-refractivity contribution < 1.29 is 32.5 Å². The topological polar surface area (TPSA) is 112 Å². The lowest BCUT2D eigenvalue weighted by Gasteiger charge is -2.25. The van der Waals surface area contributed by atoms with Gasteiger partial charge in [-0.25, -0.2) is 15.1 Å². The second-order valence-electron chi connectivity index (χ2n) is 10.7. The minimum absolute atomic E-state index is 0.0187. The lowest BCUT2D eigenvalue weighted by Crippen LogP contribution is -2.50. The fourth-order valence-corrected chi connectivity index (χ4v) is 5.26. The van der Waals surface area contributed by atoms with Crippen molar-refractivity contribution in [1.82, 2.24) is 20.1 Å². The monoisotopic (exact) mass is 557 g/mol. The van der Waals surface area contributed by atoms with Crippen LogP contribution in [0.1, 0.15) is 61.8 Å². The Morgan fingerprint density at radius 1 is 1.10 bits per heavy atom. The number of pyridine rings is 2. The number of hydrogen-bond donors (Lipinski definition) is 2. The highest BCUT2D eigenvalue weighted by Gasteiger charge is 2.49. The molecule has 0 radical (unpaired) electrons. The van der Waals surface area contributed by atoms with Crippen LogP contribution in [-0.2, 0) is 4.79 Å². The summed E-state index contributed by atoms with van der Waals surface area (Å²) in [4.78, 5) is 33.5. The van der Waals surface area contributed by atoms with Gasteiger partial charge in [0.25, 0.3) is 17.7 Å². The predicted octanol–water partition coefficient (Wildman–Crippen LogP) is 4.56. The molecule has 5 rings (SSSR count). The van der Waals surface area contributed by atoms with E-state index >= 15 is 4.39 Å². The zero-order valence-corrected chi connectivity index (χ0v) is 22.5. The van der Waals surface area contributed by atoms with E-state index in [1.165, 1.54) is 18.2 Å². The molecule has 40 heavy (non-hydrogen) atoms. The van der Waals surface area contributed by atoms with E-state index in [0.29, 0.717) is 23.2 Å². The lowest BCUT2D eigenvalue weighted by molar-refractivity contribution is -0.404. The van der Waals surface area contributed by atoms with Crippen LogP contribution in [0.4, 0.5) is 19.0 Å². The highest BCUT2D eigenvalue weighted by Crippen LogP contribution is 2.51. The molecule has 9 nitrogen and oxygen atoms in total. The first-order valence-electron chi connectivity index (χ1n) is 13.4. The van der Waals surface area contributed by atoms with Gasteiger partial charge in [-0.15, -0.1) is 0 Å². The number of carbonyl (C=O) groups is 2. The van der Waals surface area contributed by atoms with E-state index < -0.39 is 30.4 Å². The average molecular weight is 558 g/mol. The Hall–Kier alpha value is -3.96. The molecule has 3 aromatic rings. The molecule has 2 aliphatic rings. The number of carbonyl (C=O) groups excluding carboxylic acids is 2. The molecule has 2 saturated carbocycles. The molecule has 0 spiro atoms. The molecule has 3 N–H and O–H groups in total. The molecule has 0 aliphatic heterocycles. The number of H-pyrrole nitrogens is 1. The molecule has 2 amide bonds. The van der Waals surface area contributed by atoms with Crippen LogP contribution in [0.5, 0.6) is 5.75 Å². The summed E-state index contributed by atoms with van der Waals surface area (Å²) in [6, 6.07) is 4.95. The molecule has 1 atom stereocenters. The van der Waals surface area contributed by atoms with E-state index in [0.717, 1.165) is 31.9 Å². The van der Waals surface area contributed by atoms with Crippen LogP contribution in [0.2, 0.25) is 0 Å². The molecule has 3 heterocycles. The number of amides is 2. The van der Waals surface area contributed by atoms with Crippen molar-refractivity contribution in [2.75, 3.05) is 5.32 Å². The van der Waals surface area contributed by atoms with Crippen molar-refractivity contribution in [3.63, 3.8) is 0 Å². The molecular formula is C28H32F3N6O3+. The smallest absolute Gasteiger partial charge is 0.387 e. The van der Waals surface area contributed by atoms with Gasteiger partial charge in [0.1, 0.15) is 17.5 Å². The summed E-state index contributed by atoms with van der Waals surface area (Å²) in [5.74, 6) is -1.06. The maximum Gasteiger partial charge on any atom is 0.387 e. The first-order chi connectivity index (χ1) is 19.1. The van der Waals surface area contributed by atoms with Gasteiger partial charge in [-0.3, -0.25) is 14.5 Å². The molecule has 2 fully saturated rings. The van der Waals surface area contributed by atoms with E-state index in [4.69, 9.17) is 0 Å². The van der Waals surface area contributed by atoms with Crippen molar-refractivity contribution in [1.29, 1.82) is 0 Å². The van der Waals surface area contributed by atoms with Gasteiger partial charge in [-0.05, 0) is 82.4 Å². The number of anilines is 1. The molecule has 212 valence electrons. The first-order valence-corrected chi connectivity index (χ1v) is 13.4. The lowest BCUT2D eigenvalue weighted by atomic mass is 9.88. The Balaban J connectivity index is 1.38. The number of aromatic nitrogens is 4. The van der Waals surface area contributed by atoms with E-state index in [1.54, 1.807) is 23.9 Å². The third-order valence-electron chi connectivity index (χ3n) is 7.41. The quantitative estimate of drug-likeness (QED) is 0.336. The van der Waals surface area contributed by atoms with Crippen LogP contribution in [0.25, 0.3) is 11.1 Å². The fourth-order valence-electron chi connectivity index (χ4n) is 5.26. The molecule has 3 aromatic heterocycles. The molecule has 12 heteroatoms. The standard InChI is InChI=1S/C28H31F3N6O3/c1-14(2)37-21(10-11-33-37)26(38)36-24(23(16-4-5-16)17-6-7-17)27(39)35-22-9-8-19(25(29)34-22)20-12-18(40-28(30)31)13-32-15(20)3/h8-14,16-17,23-24,28H,4-7H2,1-3H3,(H,36,38)(H,34,35,39)/p+1/t24-/m0/s1. The predicted molar refractivity (Wildman–Crippen MR) is 139 cm³/mol. The largest absolute Gasteiger partial charge is 0.433 e. The Morgan fingerprint density at radius 3 is 2.40 bits per heavy atom. The van der Waals surface area contributed by atoms with Gasteiger partial charge in [0.2, 0.25) is 0 Å². The zero-order valence-electron chi connectivity index (χ0n) is 22.5. The number of ether oxygens (including phenoxy) is 1. The molecule has 2 aliphatic carbocycles. The Bertz CT molecular complexity index is 1390. The number of halogens is 3. The van der Waals surface area contributed by atoms with Gasteiger partial charge < -0.3 is 10.1 Å². The van der Waals surface area contributed by atoms with Crippen LogP contribution in [0.3, 0.4) is 0 Å². The summed E-state index contributed by atoms with van der Waals surface area (Å²) in [6.07, 6.45) is 6.70. The summed E-state index contributed by atoms with van der Waals surface area (Å²) in [5.41, 5.74) is 1.11. The second kappa shape index (κ2) is 11.3. The van der Waals surface area contributed by atoms with Crippen LogP contribution in [0.15, 0.2) is 36.7 Å².